The molecule has 0 radical (unpaired) electrons. The molecule has 15 rings (SSSR count). The molecule has 2 N–H and O–H groups in total. The van der Waals surface area contributed by atoms with Gasteiger partial charge in [0.15, 0.2) is 0 Å². The zero-order valence-electron chi connectivity index (χ0n) is 80.9. The molecule has 0 fully saturated rings. The largest absolute Gasteiger partial charge is 1.00 e. The topological polar surface area (TPSA) is 250 Å². The number of methoxy groups -OCH3 is 2. The van der Waals surface area contributed by atoms with Gasteiger partial charge in [-0.25, -0.2) is 0 Å². The third kappa shape index (κ3) is 28.1. The quantitative estimate of drug-likeness (QED) is 0.0368. The number of hydrogen-bond acceptors (Lipinski definition) is 20. The molecule has 13 aromatic carbocycles. The molecule has 2 unspecified atom stereocenters. The Balaban J connectivity index is 0.00000456. The van der Waals surface area contributed by atoms with Gasteiger partial charge in [0, 0.05) is 49.4 Å². The summed E-state index contributed by atoms with van der Waals surface area (Å²) >= 11 is 0. The van der Waals surface area contributed by atoms with E-state index >= 15 is 0 Å². The molecule has 0 aromatic heterocycles. The summed E-state index contributed by atoms with van der Waals surface area (Å²) < 4.78 is 79.8. The van der Waals surface area contributed by atoms with E-state index in [9.17, 15) is 19.8 Å². The summed E-state index contributed by atoms with van der Waals surface area (Å²) in [4.78, 5) is 27.3. The fourth-order valence-electron chi connectivity index (χ4n) is 18.2. The predicted octanol–water partition coefficient (Wildman–Crippen LogP) is 5.19. The molecule has 24 heteroatoms. The molecule has 2 atom stereocenters. The molecule has 138 heavy (non-hydrogen) atoms. The van der Waals surface area contributed by atoms with Gasteiger partial charge in [0.2, 0.25) is 0 Å². The number of carbonyl (C=O) groups excluding carboxylic acids is 2. The first-order valence-electron chi connectivity index (χ1n) is 45.7. The van der Waals surface area contributed by atoms with E-state index in [4.69, 9.17) is 76.5 Å². The third-order valence-corrected chi connectivity index (χ3v) is 24.7. The van der Waals surface area contributed by atoms with Crippen molar-refractivity contribution in [1.82, 2.24) is 0 Å². The molecule has 0 bridgehead atoms. The van der Waals surface area contributed by atoms with Crippen LogP contribution < -0.4 is 295 Å². The van der Waals surface area contributed by atoms with Crippen molar-refractivity contribution < 1.29 is 372 Å². The van der Waals surface area contributed by atoms with Gasteiger partial charge < -0.3 is 96.3 Å². The standard InChI is InChI=1S/C114H116O20.4Cs/c1-77-65-98(86-23-27-88(28-24-86)100-74-108-102(68-80(100)4)96-38-30-90(84-15-11-8-12-16-84)70-106(96)114(108,92-33-19-82(20-34-92)76-132-60-58-128-52-50-124-44-42-116)94-36-40-110(104(72-94)112(119)120)134-64-62-130-56-54-126-48-46-122-6)78(2)66-97(77)85-21-25-87(26-22-85)99-73-107-101(67-79(99)3)95-37-29-89(83-13-9-7-10-14-83)69-105(95)113(107,91-31-17-81(18-32-91)75-131-59-57-127-51-49-123-43-41-115)93-35-39-109(103(71-93)111(117)118)133-63-61-129-55-53-125-47-45-121-5;;;;/h7-17,19,21-40,65-74,115-116H,41-64,75-76H2,1-6H3,(H,117,118)(H,119,120);;;;/q-2;4*+1/p-2. The molecule has 0 heterocycles. The Morgan fingerprint density at radius 1 is 0.275 bits per heavy atom. The van der Waals surface area contributed by atoms with E-state index in [1.54, 1.807) is 38.5 Å². The minimum atomic E-state index is -1.39. The number of ether oxygens (including phenoxy) is 14. The summed E-state index contributed by atoms with van der Waals surface area (Å²) in [6, 6.07) is 95.2. The van der Waals surface area contributed by atoms with Crippen LogP contribution in [-0.2, 0) is 80.9 Å². The van der Waals surface area contributed by atoms with Gasteiger partial charge in [-0.3, -0.25) is 0 Å². The van der Waals surface area contributed by atoms with E-state index in [1.165, 1.54) is 0 Å². The van der Waals surface area contributed by atoms with Gasteiger partial charge in [0.1, 0.15) is 24.7 Å². The van der Waals surface area contributed by atoms with Gasteiger partial charge in [0.25, 0.3) is 0 Å². The number of benzene rings is 13. The molecule has 0 amide bonds. The van der Waals surface area contributed by atoms with E-state index in [-0.39, 0.29) is 364 Å². The number of aliphatic hydroxyl groups excluding tert-OH is 2. The van der Waals surface area contributed by atoms with E-state index in [2.05, 4.69) is 198 Å². The maximum atomic E-state index is 13.7. The van der Waals surface area contributed by atoms with Crippen molar-refractivity contribution in [2.24, 2.45) is 0 Å². The number of carboxylic acid groups (broad SMARTS) is 2. The molecule has 0 aliphatic heterocycles. The Morgan fingerprint density at radius 3 is 0.870 bits per heavy atom. The average molecular weight is 2340 g/mol. The number of hydrogen-bond donors (Lipinski definition) is 2. The van der Waals surface area contributed by atoms with Gasteiger partial charge >= 0.3 is 276 Å². The monoisotopic (exact) mass is 2330 g/mol. The maximum Gasteiger partial charge on any atom is 1.00 e. The number of fused-ring (bicyclic) bond motifs is 6. The van der Waals surface area contributed by atoms with Gasteiger partial charge in [-0.15, -0.1) is 22.3 Å². The number of aryl methyl sites for hydroxylation is 4. The summed E-state index contributed by atoms with van der Waals surface area (Å²) in [7, 11) is 3.24. The zero-order chi connectivity index (χ0) is 93.2. The molecule has 20 nitrogen and oxygen atoms in total. The fraction of sp³-hybridized carbons (Fsp3) is 0.298. The first-order valence-corrected chi connectivity index (χ1v) is 45.7. The Labute approximate surface area is 1050 Å². The van der Waals surface area contributed by atoms with Crippen LogP contribution in [-0.4, -0.2) is 195 Å². The predicted molar refractivity (Wildman–Crippen MR) is 514 cm³/mol. The maximum absolute atomic E-state index is 13.7. The number of carboxylic acids is 2. The second-order valence-corrected chi connectivity index (χ2v) is 33.2. The van der Waals surface area contributed by atoms with Gasteiger partial charge in [0.05, 0.1) is 157 Å². The van der Waals surface area contributed by atoms with Crippen molar-refractivity contribution in [3.05, 3.63) is 356 Å². The van der Waals surface area contributed by atoms with Crippen LogP contribution in [0, 0.1) is 39.8 Å². The Kier molecular flexibility index (Phi) is 48.0. The number of aromatic carboxylic acids is 2. The molecule has 0 saturated carbocycles. The molecular formula is C114H114Cs4O20. The summed E-state index contributed by atoms with van der Waals surface area (Å²) in [6.07, 6.45) is 0. The van der Waals surface area contributed by atoms with E-state index in [0.29, 0.717) is 117 Å². The van der Waals surface area contributed by atoms with Crippen LogP contribution in [0.15, 0.2) is 255 Å². The molecule has 0 saturated heterocycles. The van der Waals surface area contributed by atoms with Crippen LogP contribution in [0.2, 0.25) is 0 Å². The fourth-order valence-corrected chi connectivity index (χ4v) is 18.2. The van der Waals surface area contributed by atoms with Crippen LogP contribution in [0.25, 0.3) is 89.0 Å². The Hall–Kier alpha value is -3.95. The second kappa shape index (κ2) is 58.0. The summed E-state index contributed by atoms with van der Waals surface area (Å²) in [6.45, 7) is 16.2. The van der Waals surface area contributed by atoms with Crippen molar-refractivity contribution in [3.8, 4) is 101 Å². The van der Waals surface area contributed by atoms with Crippen molar-refractivity contribution in [1.29, 1.82) is 0 Å². The number of aliphatic hydroxyl groups is 2. The van der Waals surface area contributed by atoms with Crippen LogP contribution in [0.3, 0.4) is 0 Å². The van der Waals surface area contributed by atoms with Crippen molar-refractivity contribution in [3.63, 3.8) is 0 Å². The van der Waals surface area contributed by atoms with E-state index in [1.807, 2.05) is 72.8 Å². The summed E-state index contributed by atoms with van der Waals surface area (Å²) in [5, 5.41) is 45.5. The minimum absolute atomic E-state index is 0. The molecular weight excluding hydrogens is 2220 g/mol. The van der Waals surface area contributed by atoms with Crippen LogP contribution >= 0.6 is 0 Å². The third-order valence-electron chi connectivity index (χ3n) is 24.7. The first-order chi connectivity index (χ1) is 65.7. The number of rotatable bonds is 52. The number of carbonyl (C=O) groups is 2. The first kappa shape index (κ1) is 114. The molecule has 0 spiro atoms. The SMILES string of the molecule is COCCOCCOCCOc1ccc(C2(c3c[c-]c(COCCOCCOCCO)cc3)c3cc(-c4ccccc4)ccc3-c3cc(C)c(-c4ccc(-c5cc(C)c(-c6ccc(-c7cc8c(cc7C)-c7ccc(-c9ccccc9)cc7C8(c7c[c-]c(COCCOCCOCCO)cc7)c7ccc(OCCOCCOCCOC)c(C(=O)[O-])c7)cc6)cc5C)cc4)cc32)cc1C(=O)[O-].[Cs+].[Cs+].[Cs+].[Cs+]. The van der Waals surface area contributed by atoms with Crippen LogP contribution in [0.4, 0.5) is 0 Å². The second-order valence-electron chi connectivity index (χ2n) is 33.2. The normalized spacial score (nSPS) is 13.7. The van der Waals surface area contributed by atoms with Gasteiger partial charge in [-0.1, -0.05) is 182 Å². The smallest absolute Gasteiger partial charge is 0.545 e. The molecule has 13 aromatic rings. The molecule has 694 valence electrons. The van der Waals surface area contributed by atoms with Gasteiger partial charge in [-0.05, 0) is 209 Å². The summed E-state index contributed by atoms with van der Waals surface area (Å²) in [5.41, 5.74) is 26.7. The van der Waals surface area contributed by atoms with Gasteiger partial charge in [-0.2, -0.15) is 48.5 Å². The molecule has 2 aliphatic rings. The Bertz CT molecular complexity index is 5740. The molecule has 2 aliphatic carbocycles. The minimum Gasteiger partial charge on any atom is -0.545 e. The van der Waals surface area contributed by atoms with Crippen molar-refractivity contribution in [2.45, 2.75) is 51.7 Å². The van der Waals surface area contributed by atoms with Crippen molar-refractivity contribution in [2.75, 3.05) is 173 Å². The van der Waals surface area contributed by atoms with Crippen LogP contribution in [0.5, 0.6) is 11.5 Å². The summed E-state index contributed by atoms with van der Waals surface area (Å²) in [5.74, 6) is -2.47. The van der Waals surface area contributed by atoms with Crippen molar-refractivity contribution >= 4 is 11.9 Å². The Morgan fingerprint density at radius 2 is 0.558 bits per heavy atom. The van der Waals surface area contributed by atoms with E-state index in [0.717, 1.165) is 156 Å². The van der Waals surface area contributed by atoms with E-state index < -0.39 is 22.8 Å². The average Bonchev–Trinajstić information content (AvgIpc) is 1.53. The van der Waals surface area contributed by atoms with Crippen LogP contribution in [0.1, 0.15) is 98.6 Å². The zero-order valence-corrected chi connectivity index (χ0v) is 106.